The first kappa shape index (κ1) is 10.7. The van der Waals surface area contributed by atoms with E-state index in [1.807, 2.05) is 6.07 Å². The van der Waals surface area contributed by atoms with Crippen molar-refractivity contribution >= 4 is 31.9 Å². The van der Waals surface area contributed by atoms with Crippen molar-refractivity contribution in [3.05, 3.63) is 33.8 Å². The van der Waals surface area contributed by atoms with Crippen molar-refractivity contribution in [1.29, 1.82) is 5.26 Å². The van der Waals surface area contributed by atoms with Crippen LogP contribution >= 0.6 is 31.9 Å². The Morgan fingerprint density at radius 1 is 1.31 bits per heavy atom. The third kappa shape index (κ3) is 3.13. The Bertz CT molecular complexity index is 328. The third-order valence-corrected chi connectivity index (χ3v) is 2.92. The number of aryl methyl sites for hydroxylation is 1. The number of hydrogen-bond acceptors (Lipinski definition) is 1. The molecule has 0 aliphatic heterocycles. The Labute approximate surface area is 95.0 Å². The number of nitriles is 1. The minimum atomic E-state index is 0.585. The van der Waals surface area contributed by atoms with E-state index in [2.05, 4.69) is 50.1 Å². The van der Waals surface area contributed by atoms with Gasteiger partial charge >= 0.3 is 0 Å². The molecule has 1 aromatic carbocycles. The SMILES string of the molecule is N#CCCc1ccc(Br)cc1CBr. The number of rotatable bonds is 3. The molecule has 1 aromatic rings. The summed E-state index contributed by atoms with van der Waals surface area (Å²) in [4.78, 5) is 0. The van der Waals surface area contributed by atoms with Crippen LogP contribution in [0, 0.1) is 11.3 Å². The van der Waals surface area contributed by atoms with Gasteiger partial charge in [-0.25, -0.2) is 0 Å². The maximum Gasteiger partial charge on any atom is 0.0625 e. The van der Waals surface area contributed by atoms with Crippen molar-refractivity contribution in [2.24, 2.45) is 0 Å². The first-order valence-electron chi connectivity index (χ1n) is 3.98. The van der Waals surface area contributed by atoms with Gasteiger partial charge in [-0.2, -0.15) is 5.26 Å². The number of hydrogen-bond donors (Lipinski definition) is 0. The fourth-order valence-electron chi connectivity index (χ4n) is 1.15. The van der Waals surface area contributed by atoms with E-state index < -0.39 is 0 Å². The quantitative estimate of drug-likeness (QED) is 0.779. The van der Waals surface area contributed by atoms with Crippen molar-refractivity contribution in [1.82, 2.24) is 0 Å². The van der Waals surface area contributed by atoms with Gasteiger partial charge in [-0.1, -0.05) is 37.9 Å². The normalized spacial score (nSPS) is 9.62. The molecular weight excluding hydrogens is 294 g/mol. The number of alkyl halides is 1. The highest BCUT2D eigenvalue weighted by molar-refractivity contribution is 9.10. The second-order valence-corrected chi connectivity index (χ2v) is 4.18. The van der Waals surface area contributed by atoms with Crippen LogP contribution in [0.15, 0.2) is 22.7 Å². The average molecular weight is 303 g/mol. The Balaban J connectivity index is 2.87. The molecular formula is C10H9Br2N. The molecule has 0 radical (unpaired) electrons. The molecule has 0 aliphatic rings. The van der Waals surface area contributed by atoms with Gasteiger partial charge in [0.1, 0.15) is 0 Å². The van der Waals surface area contributed by atoms with Gasteiger partial charge in [-0.15, -0.1) is 0 Å². The number of nitrogens with zero attached hydrogens (tertiary/aromatic N) is 1. The molecule has 0 heterocycles. The van der Waals surface area contributed by atoms with Gasteiger partial charge in [-0.05, 0) is 29.7 Å². The molecule has 0 aromatic heterocycles. The third-order valence-electron chi connectivity index (χ3n) is 1.82. The molecule has 0 saturated carbocycles. The molecule has 0 spiro atoms. The molecule has 0 aliphatic carbocycles. The lowest BCUT2D eigenvalue weighted by Crippen LogP contribution is -1.91. The maximum atomic E-state index is 8.47. The Morgan fingerprint density at radius 3 is 2.69 bits per heavy atom. The zero-order valence-corrected chi connectivity index (χ0v) is 10.2. The van der Waals surface area contributed by atoms with Crippen LogP contribution in [0.2, 0.25) is 0 Å². The molecule has 0 unspecified atom stereocenters. The van der Waals surface area contributed by atoms with Crippen molar-refractivity contribution in [2.45, 2.75) is 18.2 Å². The second-order valence-electron chi connectivity index (χ2n) is 2.70. The van der Waals surface area contributed by atoms with Crippen LogP contribution in [0.3, 0.4) is 0 Å². The topological polar surface area (TPSA) is 23.8 Å². The van der Waals surface area contributed by atoms with Gasteiger partial charge in [0.25, 0.3) is 0 Å². The zero-order valence-electron chi connectivity index (χ0n) is 7.06. The standard InChI is InChI=1S/C10H9Br2N/c11-7-9-6-10(12)4-3-8(9)2-1-5-13/h3-4,6H,1-2,7H2. The summed E-state index contributed by atoms with van der Waals surface area (Å²) in [5.74, 6) is 0. The van der Waals surface area contributed by atoms with Gasteiger partial charge in [0.2, 0.25) is 0 Å². The lowest BCUT2D eigenvalue weighted by Gasteiger charge is -2.05. The monoisotopic (exact) mass is 301 g/mol. The highest BCUT2D eigenvalue weighted by Crippen LogP contribution is 2.20. The second kappa shape index (κ2) is 5.41. The lowest BCUT2D eigenvalue weighted by molar-refractivity contribution is 0.993. The highest BCUT2D eigenvalue weighted by atomic mass is 79.9. The molecule has 0 N–H and O–H groups in total. The van der Waals surface area contributed by atoms with Gasteiger partial charge in [-0.3, -0.25) is 0 Å². The fourth-order valence-corrected chi connectivity index (χ4v) is 2.08. The lowest BCUT2D eigenvalue weighted by atomic mass is 10.0. The first-order valence-corrected chi connectivity index (χ1v) is 5.89. The molecule has 68 valence electrons. The van der Waals surface area contributed by atoms with Gasteiger partial charge in [0, 0.05) is 16.2 Å². The van der Waals surface area contributed by atoms with Crippen LogP contribution in [0.1, 0.15) is 17.5 Å². The zero-order chi connectivity index (χ0) is 9.68. The predicted octanol–water partition coefficient (Wildman–Crippen LogP) is 3.80. The molecule has 0 amide bonds. The predicted molar refractivity (Wildman–Crippen MR) is 60.7 cm³/mol. The summed E-state index contributed by atoms with van der Waals surface area (Å²) in [6, 6.07) is 8.32. The van der Waals surface area contributed by atoms with Crippen molar-refractivity contribution < 1.29 is 0 Å². The van der Waals surface area contributed by atoms with E-state index in [0.29, 0.717) is 6.42 Å². The van der Waals surface area contributed by atoms with E-state index in [4.69, 9.17) is 5.26 Å². The van der Waals surface area contributed by atoms with Crippen molar-refractivity contribution in [3.8, 4) is 6.07 Å². The van der Waals surface area contributed by atoms with E-state index in [-0.39, 0.29) is 0 Å². The summed E-state index contributed by atoms with van der Waals surface area (Å²) in [7, 11) is 0. The van der Waals surface area contributed by atoms with E-state index in [1.54, 1.807) is 0 Å². The van der Waals surface area contributed by atoms with Crippen LogP contribution < -0.4 is 0 Å². The summed E-state index contributed by atoms with van der Waals surface area (Å²) in [6.07, 6.45) is 1.42. The smallest absolute Gasteiger partial charge is 0.0625 e. The van der Waals surface area contributed by atoms with Crippen LogP contribution in [-0.4, -0.2) is 0 Å². The summed E-state index contributed by atoms with van der Waals surface area (Å²) in [5, 5.41) is 9.32. The van der Waals surface area contributed by atoms with Crippen LogP contribution in [0.5, 0.6) is 0 Å². The van der Waals surface area contributed by atoms with Crippen LogP contribution in [0.4, 0.5) is 0 Å². The molecule has 0 saturated heterocycles. The van der Waals surface area contributed by atoms with Gasteiger partial charge < -0.3 is 0 Å². The van der Waals surface area contributed by atoms with Crippen LogP contribution in [-0.2, 0) is 11.8 Å². The van der Waals surface area contributed by atoms with E-state index >= 15 is 0 Å². The van der Waals surface area contributed by atoms with E-state index in [9.17, 15) is 0 Å². The minimum absolute atomic E-state index is 0.585. The fraction of sp³-hybridized carbons (Fsp3) is 0.300. The number of benzene rings is 1. The summed E-state index contributed by atoms with van der Waals surface area (Å²) in [6.45, 7) is 0. The number of halogens is 2. The van der Waals surface area contributed by atoms with Gasteiger partial charge in [0.05, 0.1) is 6.07 Å². The molecule has 0 atom stereocenters. The van der Waals surface area contributed by atoms with Gasteiger partial charge in [0.15, 0.2) is 0 Å². The highest BCUT2D eigenvalue weighted by Gasteiger charge is 2.01. The molecule has 0 fully saturated rings. The van der Waals surface area contributed by atoms with E-state index in [1.165, 1.54) is 11.1 Å². The van der Waals surface area contributed by atoms with Crippen molar-refractivity contribution in [2.75, 3.05) is 0 Å². The molecule has 3 heteroatoms. The molecule has 1 nitrogen and oxygen atoms in total. The Hall–Kier alpha value is -0.330. The molecule has 13 heavy (non-hydrogen) atoms. The Kier molecular flexibility index (Phi) is 4.47. The summed E-state index contributed by atoms with van der Waals surface area (Å²) in [5.41, 5.74) is 2.51. The first-order chi connectivity index (χ1) is 6.27. The minimum Gasteiger partial charge on any atom is -0.198 e. The van der Waals surface area contributed by atoms with Crippen LogP contribution in [0.25, 0.3) is 0 Å². The average Bonchev–Trinajstić information content (AvgIpc) is 2.16. The summed E-state index contributed by atoms with van der Waals surface area (Å²) >= 11 is 6.85. The largest absolute Gasteiger partial charge is 0.198 e. The maximum absolute atomic E-state index is 8.47. The molecule has 1 rings (SSSR count). The summed E-state index contributed by atoms with van der Waals surface area (Å²) < 4.78 is 1.09. The molecule has 0 bridgehead atoms. The Morgan fingerprint density at radius 2 is 2.08 bits per heavy atom. The van der Waals surface area contributed by atoms with Crippen molar-refractivity contribution in [3.63, 3.8) is 0 Å². The van der Waals surface area contributed by atoms with E-state index in [0.717, 1.165) is 16.2 Å².